The molecular formula is C11H15BrN2O3S. The van der Waals surface area contributed by atoms with E-state index in [1.54, 1.807) is 23.3 Å². The lowest BCUT2D eigenvalue weighted by Crippen LogP contribution is -2.37. The van der Waals surface area contributed by atoms with Gasteiger partial charge in [-0.05, 0) is 39.4 Å². The molecule has 0 unspecified atom stereocenters. The molecule has 1 aromatic rings. The van der Waals surface area contributed by atoms with Crippen LogP contribution in [-0.2, 0) is 11.3 Å². The molecule has 0 spiro atoms. The Hall–Kier alpha value is -1.08. The lowest BCUT2D eigenvalue weighted by Gasteiger charge is -2.17. The third-order valence-electron chi connectivity index (χ3n) is 2.23. The van der Waals surface area contributed by atoms with Gasteiger partial charge in [-0.2, -0.15) is 0 Å². The Labute approximate surface area is 118 Å². The van der Waals surface area contributed by atoms with E-state index < -0.39 is 5.97 Å². The van der Waals surface area contributed by atoms with Crippen molar-refractivity contribution in [2.45, 2.75) is 19.4 Å². The lowest BCUT2D eigenvalue weighted by molar-refractivity contribution is -0.137. The molecule has 7 heteroatoms. The highest BCUT2D eigenvalue weighted by molar-refractivity contribution is 9.11. The second kappa shape index (κ2) is 7.38. The molecule has 2 amide bonds. The van der Waals surface area contributed by atoms with Gasteiger partial charge in [-0.3, -0.25) is 4.79 Å². The number of hydrogen-bond acceptors (Lipinski definition) is 3. The maximum absolute atomic E-state index is 11.7. The van der Waals surface area contributed by atoms with E-state index in [2.05, 4.69) is 21.2 Å². The lowest BCUT2D eigenvalue weighted by atomic mass is 10.3. The molecule has 2 N–H and O–H groups in total. The first-order valence-corrected chi connectivity index (χ1v) is 7.10. The van der Waals surface area contributed by atoms with Crippen molar-refractivity contribution in [3.63, 3.8) is 0 Å². The Bertz CT molecular complexity index is 422. The van der Waals surface area contributed by atoms with Crippen molar-refractivity contribution in [1.82, 2.24) is 10.2 Å². The molecule has 1 heterocycles. The standard InChI is InChI=1S/C11H15BrN2O3S/c1-14(6-8-5-9(12)18-7-8)11(17)13-4-2-3-10(15)16/h5,7H,2-4,6H2,1H3,(H,13,17)(H,15,16). The van der Waals surface area contributed by atoms with Gasteiger partial charge >= 0.3 is 12.0 Å². The van der Waals surface area contributed by atoms with Crippen LogP contribution in [0.4, 0.5) is 4.79 Å². The maximum atomic E-state index is 11.7. The molecule has 0 aromatic carbocycles. The average molecular weight is 335 g/mol. The third-order valence-corrected chi connectivity index (χ3v) is 3.79. The van der Waals surface area contributed by atoms with Crippen LogP contribution in [-0.4, -0.2) is 35.6 Å². The van der Waals surface area contributed by atoms with Crippen molar-refractivity contribution in [1.29, 1.82) is 0 Å². The van der Waals surface area contributed by atoms with E-state index in [9.17, 15) is 9.59 Å². The summed E-state index contributed by atoms with van der Waals surface area (Å²) in [7, 11) is 1.71. The number of rotatable bonds is 6. The monoisotopic (exact) mass is 334 g/mol. The van der Waals surface area contributed by atoms with Gasteiger partial charge < -0.3 is 15.3 Å². The zero-order chi connectivity index (χ0) is 13.5. The SMILES string of the molecule is CN(Cc1csc(Br)c1)C(=O)NCCCC(=O)O. The molecule has 0 aliphatic rings. The van der Waals surface area contributed by atoms with Crippen molar-refractivity contribution in [2.24, 2.45) is 0 Å². The van der Waals surface area contributed by atoms with Crippen LogP contribution in [0, 0.1) is 0 Å². The van der Waals surface area contributed by atoms with Gasteiger partial charge in [0.25, 0.3) is 0 Å². The Balaban J connectivity index is 2.26. The summed E-state index contributed by atoms with van der Waals surface area (Å²) in [5, 5.41) is 13.1. The number of aliphatic carboxylic acids is 1. The third kappa shape index (κ3) is 5.50. The molecule has 5 nitrogen and oxygen atoms in total. The van der Waals surface area contributed by atoms with E-state index in [0.717, 1.165) is 9.35 Å². The van der Waals surface area contributed by atoms with Crippen LogP contribution >= 0.6 is 27.3 Å². The first-order valence-electron chi connectivity index (χ1n) is 5.42. The fourth-order valence-corrected chi connectivity index (χ4v) is 2.54. The molecule has 0 radical (unpaired) electrons. The Kier molecular flexibility index (Phi) is 6.14. The second-order valence-electron chi connectivity index (χ2n) is 3.84. The van der Waals surface area contributed by atoms with Crippen molar-refractivity contribution >= 4 is 39.3 Å². The highest BCUT2D eigenvalue weighted by atomic mass is 79.9. The molecule has 0 atom stereocenters. The zero-order valence-electron chi connectivity index (χ0n) is 9.98. The molecule has 1 rings (SSSR count). The van der Waals surface area contributed by atoms with E-state index in [1.807, 2.05) is 11.4 Å². The summed E-state index contributed by atoms with van der Waals surface area (Å²) in [5.41, 5.74) is 1.06. The van der Waals surface area contributed by atoms with Gasteiger partial charge in [-0.1, -0.05) is 0 Å². The minimum atomic E-state index is -0.847. The van der Waals surface area contributed by atoms with Crippen LogP contribution in [0.3, 0.4) is 0 Å². The molecule has 0 saturated heterocycles. The number of hydrogen-bond donors (Lipinski definition) is 2. The second-order valence-corrected chi connectivity index (χ2v) is 6.13. The molecule has 0 aliphatic heterocycles. The molecule has 100 valence electrons. The number of urea groups is 1. The molecule has 0 aliphatic carbocycles. The molecule has 0 saturated carbocycles. The fraction of sp³-hybridized carbons (Fsp3) is 0.455. The summed E-state index contributed by atoms with van der Waals surface area (Å²) >= 11 is 4.94. The van der Waals surface area contributed by atoms with E-state index in [4.69, 9.17) is 5.11 Å². The molecule has 18 heavy (non-hydrogen) atoms. The summed E-state index contributed by atoms with van der Waals surface area (Å²) in [6, 6.07) is 1.78. The number of nitrogens with one attached hydrogen (secondary N) is 1. The van der Waals surface area contributed by atoms with Gasteiger partial charge in [0.1, 0.15) is 0 Å². The van der Waals surface area contributed by atoms with Crippen molar-refractivity contribution < 1.29 is 14.7 Å². The quantitative estimate of drug-likeness (QED) is 0.785. The summed E-state index contributed by atoms with van der Waals surface area (Å²) in [6.07, 6.45) is 0.514. The first kappa shape index (κ1) is 15.0. The topological polar surface area (TPSA) is 69.6 Å². The van der Waals surface area contributed by atoms with Crippen molar-refractivity contribution in [2.75, 3.05) is 13.6 Å². The van der Waals surface area contributed by atoms with Gasteiger partial charge in [0.15, 0.2) is 0 Å². The van der Waals surface area contributed by atoms with Crippen LogP contribution in [0.1, 0.15) is 18.4 Å². The fourth-order valence-electron chi connectivity index (χ4n) is 1.34. The molecule has 0 bridgehead atoms. The smallest absolute Gasteiger partial charge is 0.317 e. The summed E-state index contributed by atoms with van der Waals surface area (Å²) in [6.45, 7) is 0.912. The van der Waals surface area contributed by atoms with E-state index in [-0.39, 0.29) is 12.5 Å². The summed E-state index contributed by atoms with van der Waals surface area (Å²) < 4.78 is 1.03. The van der Waals surface area contributed by atoms with E-state index >= 15 is 0 Å². The van der Waals surface area contributed by atoms with Gasteiger partial charge in [0.2, 0.25) is 0 Å². The van der Waals surface area contributed by atoms with Gasteiger partial charge in [0, 0.05) is 26.6 Å². The molecule has 0 fully saturated rings. The number of nitrogens with zero attached hydrogens (tertiary/aromatic N) is 1. The Morgan fingerprint density at radius 1 is 1.56 bits per heavy atom. The van der Waals surface area contributed by atoms with E-state index in [0.29, 0.717) is 19.5 Å². The Morgan fingerprint density at radius 3 is 2.83 bits per heavy atom. The van der Waals surface area contributed by atoms with Gasteiger partial charge in [-0.15, -0.1) is 11.3 Å². The maximum Gasteiger partial charge on any atom is 0.317 e. The van der Waals surface area contributed by atoms with Crippen LogP contribution < -0.4 is 5.32 Å². The van der Waals surface area contributed by atoms with Crippen LogP contribution in [0.5, 0.6) is 0 Å². The predicted molar refractivity (Wildman–Crippen MR) is 73.8 cm³/mol. The minimum absolute atomic E-state index is 0.0709. The van der Waals surface area contributed by atoms with Crippen molar-refractivity contribution in [3.8, 4) is 0 Å². The Morgan fingerprint density at radius 2 is 2.28 bits per heavy atom. The summed E-state index contributed by atoms with van der Waals surface area (Å²) in [4.78, 5) is 23.5. The number of amides is 2. The predicted octanol–water partition coefficient (Wildman–Crippen LogP) is 2.52. The zero-order valence-corrected chi connectivity index (χ0v) is 12.4. The number of halogens is 1. The number of carboxylic acid groups (broad SMARTS) is 1. The minimum Gasteiger partial charge on any atom is -0.481 e. The molecular weight excluding hydrogens is 320 g/mol. The van der Waals surface area contributed by atoms with Gasteiger partial charge in [0.05, 0.1) is 3.79 Å². The molecule has 1 aromatic heterocycles. The normalized spacial score (nSPS) is 10.1. The van der Waals surface area contributed by atoms with E-state index in [1.165, 1.54) is 0 Å². The highest BCUT2D eigenvalue weighted by Crippen LogP contribution is 2.21. The number of carbonyl (C=O) groups is 2. The van der Waals surface area contributed by atoms with Crippen molar-refractivity contribution in [3.05, 3.63) is 20.8 Å². The average Bonchev–Trinajstić information content (AvgIpc) is 2.69. The van der Waals surface area contributed by atoms with Gasteiger partial charge in [-0.25, -0.2) is 4.79 Å². The highest BCUT2D eigenvalue weighted by Gasteiger charge is 2.09. The number of carbonyl (C=O) groups excluding carboxylic acids is 1. The number of thiophene rings is 1. The van der Waals surface area contributed by atoms with Crippen LogP contribution in [0.15, 0.2) is 15.2 Å². The number of carboxylic acids is 1. The van der Waals surface area contributed by atoms with Crippen LogP contribution in [0.2, 0.25) is 0 Å². The largest absolute Gasteiger partial charge is 0.481 e. The van der Waals surface area contributed by atoms with Crippen LogP contribution in [0.25, 0.3) is 0 Å². The first-order chi connectivity index (χ1) is 8.49. The summed E-state index contributed by atoms with van der Waals surface area (Å²) in [5.74, 6) is -0.847.